The van der Waals surface area contributed by atoms with Crippen LogP contribution in [0.15, 0.2) is 52.4 Å². The first-order valence-corrected chi connectivity index (χ1v) is 9.23. The van der Waals surface area contributed by atoms with E-state index >= 15 is 0 Å². The molecule has 10 nitrogen and oxygen atoms in total. The average molecular weight is 408 g/mol. The van der Waals surface area contributed by atoms with Gasteiger partial charge in [-0.3, -0.25) is 14.9 Å². The number of aliphatic imine (C=N–C) groups is 2. The van der Waals surface area contributed by atoms with Gasteiger partial charge in [-0.15, -0.1) is 0 Å². The summed E-state index contributed by atoms with van der Waals surface area (Å²) in [6, 6.07) is 11.7. The fourth-order valence-electron chi connectivity index (χ4n) is 2.98. The van der Waals surface area contributed by atoms with Crippen LogP contribution in [0.2, 0.25) is 0 Å². The smallest absolute Gasteiger partial charge is 0.252 e. The summed E-state index contributed by atoms with van der Waals surface area (Å²) in [5.74, 6) is 0.519. The molecule has 0 saturated carbocycles. The third kappa shape index (κ3) is 4.32. The van der Waals surface area contributed by atoms with Crippen LogP contribution in [0.1, 0.15) is 12.0 Å². The zero-order chi connectivity index (χ0) is 21.1. The predicted octanol–water partition coefficient (Wildman–Crippen LogP) is 1.33. The standard InChI is InChI=1S/C20H20N6O4/c1-11-4-2-3-5-13(11)23-19(21)26-20-24-14(18(28)25-20)9-17(27)22-12-6-7-15-16(8-12)30-10-29-15/h2-8,14H,9-10H2,1H3,(H,22,27)(H4,21,23,24,25,26,28). The lowest BCUT2D eigenvalue weighted by molar-refractivity contribution is -0.123. The van der Waals surface area contributed by atoms with Gasteiger partial charge in [0, 0.05) is 17.4 Å². The van der Waals surface area contributed by atoms with Crippen LogP contribution in [0.25, 0.3) is 0 Å². The molecule has 1 atom stereocenters. The van der Waals surface area contributed by atoms with Crippen LogP contribution in [-0.4, -0.2) is 36.6 Å². The minimum absolute atomic E-state index is 0.0551. The normalized spacial score (nSPS) is 17.4. The molecule has 10 heteroatoms. The van der Waals surface area contributed by atoms with E-state index in [9.17, 15) is 9.59 Å². The van der Waals surface area contributed by atoms with Crippen LogP contribution in [-0.2, 0) is 9.59 Å². The number of nitrogens with two attached hydrogens (primary N) is 1. The van der Waals surface area contributed by atoms with Gasteiger partial charge in [0.05, 0.1) is 6.42 Å². The molecule has 2 aromatic carbocycles. The Bertz CT molecular complexity index is 1070. The van der Waals surface area contributed by atoms with Gasteiger partial charge in [-0.25, -0.2) is 4.99 Å². The Hall–Kier alpha value is -4.08. The summed E-state index contributed by atoms with van der Waals surface area (Å²) in [6.45, 7) is 2.08. The Morgan fingerprint density at radius 2 is 2.03 bits per heavy atom. The second-order valence-corrected chi connectivity index (χ2v) is 6.72. The van der Waals surface area contributed by atoms with E-state index in [2.05, 4.69) is 25.9 Å². The number of carbonyl (C=O) groups is 2. The minimum atomic E-state index is -0.885. The fourth-order valence-corrected chi connectivity index (χ4v) is 2.98. The minimum Gasteiger partial charge on any atom is -0.454 e. The summed E-state index contributed by atoms with van der Waals surface area (Å²) in [7, 11) is 0. The first-order valence-electron chi connectivity index (χ1n) is 9.23. The lowest BCUT2D eigenvalue weighted by Gasteiger charge is -2.07. The number of guanidine groups is 2. The third-order valence-electron chi connectivity index (χ3n) is 4.49. The van der Waals surface area contributed by atoms with Crippen molar-refractivity contribution in [2.75, 3.05) is 17.4 Å². The molecule has 0 aliphatic carbocycles. The molecule has 2 amide bonds. The lowest BCUT2D eigenvalue weighted by atomic mass is 10.2. The monoisotopic (exact) mass is 408 g/mol. The van der Waals surface area contributed by atoms with Crippen LogP contribution >= 0.6 is 0 Å². The predicted molar refractivity (Wildman–Crippen MR) is 112 cm³/mol. The van der Waals surface area contributed by atoms with E-state index in [1.54, 1.807) is 18.2 Å². The maximum Gasteiger partial charge on any atom is 0.252 e. The Morgan fingerprint density at radius 3 is 2.87 bits per heavy atom. The number of carbonyl (C=O) groups excluding carboxylic acids is 2. The van der Waals surface area contributed by atoms with Gasteiger partial charge in [0.15, 0.2) is 11.5 Å². The van der Waals surface area contributed by atoms with Crippen LogP contribution in [0.4, 0.5) is 11.4 Å². The maximum absolute atomic E-state index is 12.3. The highest BCUT2D eigenvalue weighted by Gasteiger charge is 2.29. The maximum atomic E-state index is 12.3. The van der Waals surface area contributed by atoms with Crippen molar-refractivity contribution in [2.45, 2.75) is 19.4 Å². The molecule has 4 rings (SSSR count). The zero-order valence-corrected chi connectivity index (χ0v) is 16.1. The summed E-state index contributed by atoms with van der Waals surface area (Å²) in [5.41, 5.74) is 8.22. The Morgan fingerprint density at radius 1 is 1.23 bits per heavy atom. The highest BCUT2D eigenvalue weighted by Crippen LogP contribution is 2.34. The number of hydrogen-bond donors (Lipinski definition) is 4. The molecule has 0 spiro atoms. The van der Waals surface area contributed by atoms with Crippen molar-refractivity contribution < 1.29 is 19.1 Å². The second kappa shape index (κ2) is 8.11. The van der Waals surface area contributed by atoms with Crippen LogP contribution in [0.3, 0.4) is 0 Å². The Labute approximate surface area is 172 Å². The highest BCUT2D eigenvalue weighted by atomic mass is 16.7. The van der Waals surface area contributed by atoms with Gasteiger partial charge in [0.1, 0.15) is 6.04 Å². The topological polar surface area (TPSA) is 139 Å². The Kier molecular flexibility index (Phi) is 5.21. The summed E-state index contributed by atoms with van der Waals surface area (Å²) in [6.07, 6.45) is -0.135. The van der Waals surface area contributed by atoms with E-state index in [4.69, 9.17) is 15.2 Å². The summed E-state index contributed by atoms with van der Waals surface area (Å²) in [4.78, 5) is 32.7. The number of benzene rings is 2. The summed E-state index contributed by atoms with van der Waals surface area (Å²) >= 11 is 0. The number of ether oxygens (including phenoxy) is 2. The van der Waals surface area contributed by atoms with Gasteiger partial charge in [-0.05, 0) is 30.7 Å². The lowest BCUT2D eigenvalue weighted by Crippen LogP contribution is -2.32. The molecule has 30 heavy (non-hydrogen) atoms. The van der Waals surface area contributed by atoms with E-state index in [0.717, 1.165) is 11.3 Å². The zero-order valence-electron chi connectivity index (χ0n) is 16.1. The number of anilines is 2. The molecule has 2 aliphatic heterocycles. The van der Waals surface area contributed by atoms with Crippen molar-refractivity contribution in [1.29, 1.82) is 0 Å². The van der Waals surface area contributed by atoms with Gasteiger partial charge in [0.2, 0.25) is 24.6 Å². The summed E-state index contributed by atoms with van der Waals surface area (Å²) < 4.78 is 10.5. The molecular weight excluding hydrogens is 388 g/mol. The number of nitrogens with one attached hydrogen (secondary N) is 3. The van der Waals surface area contributed by atoms with Crippen LogP contribution < -0.4 is 31.2 Å². The first-order chi connectivity index (χ1) is 14.5. The number of nitrogens with zero attached hydrogens (tertiary/aromatic N) is 2. The van der Waals surface area contributed by atoms with Crippen LogP contribution in [0.5, 0.6) is 11.5 Å². The molecule has 0 radical (unpaired) electrons. The van der Waals surface area contributed by atoms with Gasteiger partial charge < -0.3 is 25.8 Å². The summed E-state index contributed by atoms with van der Waals surface area (Å²) in [5, 5.41) is 8.20. The molecule has 2 aliphatic rings. The van der Waals surface area contributed by atoms with Crippen molar-refractivity contribution in [3.8, 4) is 11.5 Å². The second-order valence-electron chi connectivity index (χ2n) is 6.72. The van der Waals surface area contributed by atoms with Crippen molar-refractivity contribution in [1.82, 2.24) is 5.32 Å². The molecule has 1 unspecified atom stereocenters. The quantitative estimate of drug-likeness (QED) is 0.445. The van der Waals surface area contributed by atoms with E-state index in [1.807, 2.05) is 31.2 Å². The molecule has 2 heterocycles. The molecule has 0 bridgehead atoms. The van der Waals surface area contributed by atoms with Crippen molar-refractivity contribution in [2.24, 2.45) is 15.7 Å². The molecule has 2 aromatic rings. The van der Waals surface area contributed by atoms with Crippen molar-refractivity contribution >= 4 is 35.1 Å². The van der Waals surface area contributed by atoms with E-state index in [-0.39, 0.29) is 31.0 Å². The van der Waals surface area contributed by atoms with Crippen molar-refractivity contribution in [3.05, 3.63) is 48.0 Å². The number of aryl methyl sites for hydroxylation is 1. The molecule has 154 valence electrons. The molecule has 0 saturated heterocycles. The van der Waals surface area contributed by atoms with Gasteiger partial charge in [0.25, 0.3) is 5.91 Å². The number of para-hydroxylation sites is 1. The van der Waals surface area contributed by atoms with Gasteiger partial charge >= 0.3 is 0 Å². The Balaban J connectivity index is 1.37. The number of fused-ring (bicyclic) bond motifs is 1. The van der Waals surface area contributed by atoms with E-state index in [1.165, 1.54) is 0 Å². The van der Waals surface area contributed by atoms with Crippen LogP contribution in [0, 0.1) is 6.92 Å². The van der Waals surface area contributed by atoms with Gasteiger partial charge in [-0.2, -0.15) is 4.99 Å². The first kappa shape index (κ1) is 19.2. The average Bonchev–Trinajstić information content (AvgIpc) is 3.29. The number of amides is 2. The highest BCUT2D eigenvalue weighted by molar-refractivity contribution is 6.11. The van der Waals surface area contributed by atoms with Crippen molar-refractivity contribution in [3.63, 3.8) is 0 Å². The van der Waals surface area contributed by atoms with Gasteiger partial charge in [-0.1, -0.05) is 18.2 Å². The largest absolute Gasteiger partial charge is 0.454 e. The van der Waals surface area contributed by atoms with E-state index < -0.39 is 11.9 Å². The third-order valence-corrected chi connectivity index (χ3v) is 4.49. The molecule has 0 fully saturated rings. The molecule has 5 N–H and O–H groups in total. The molecule has 0 aromatic heterocycles. The number of hydrogen-bond acceptors (Lipinski definition) is 6. The number of rotatable bonds is 4. The fraction of sp³-hybridized carbons (Fsp3) is 0.200. The molecular formula is C20H20N6O4. The SMILES string of the molecule is Cc1ccccc1N/C(N)=N/C1=NC(CC(=O)Nc2ccc3c(c2)OCO3)C(=O)N1. The van der Waals surface area contributed by atoms with E-state index in [0.29, 0.717) is 17.2 Å².